The van der Waals surface area contributed by atoms with Gasteiger partial charge in [-0.25, -0.2) is 14.4 Å². The summed E-state index contributed by atoms with van der Waals surface area (Å²) in [5.74, 6) is -1.95. The maximum Gasteiger partial charge on any atom is 0.373 e. The highest BCUT2D eigenvalue weighted by Crippen LogP contribution is 2.23. The Kier molecular flexibility index (Phi) is 6.06. The molecule has 3 rings (SSSR count). The summed E-state index contributed by atoms with van der Waals surface area (Å²) in [7, 11) is 1.21. The Morgan fingerprint density at radius 3 is 2.00 bits per heavy atom. The zero-order chi connectivity index (χ0) is 19.9. The summed E-state index contributed by atoms with van der Waals surface area (Å²) in [5, 5.41) is 0. The Labute approximate surface area is 161 Å². The summed E-state index contributed by atoms with van der Waals surface area (Å²) >= 11 is 0. The highest BCUT2D eigenvalue weighted by Gasteiger charge is 2.37. The summed E-state index contributed by atoms with van der Waals surface area (Å²) in [4.78, 5) is 36.2. The van der Waals surface area contributed by atoms with E-state index in [4.69, 9.17) is 14.2 Å². The van der Waals surface area contributed by atoms with Crippen LogP contribution in [-0.2, 0) is 23.7 Å². The third-order valence-corrected chi connectivity index (χ3v) is 3.99. The average Bonchev–Trinajstić information content (AvgIpc) is 3.15. The van der Waals surface area contributed by atoms with E-state index in [1.807, 2.05) is 0 Å². The first-order valence-corrected chi connectivity index (χ1v) is 8.53. The molecule has 0 bridgehead atoms. The Hall–Kier alpha value is -3.61. The van der Waals surface area contributed by atoms with Crippen molar-refractivity contribution in [3.63, 3.8) is 0 Å². The molecule has 2 aromatic rings. The van der Waals surface area contributed by atoms with Crippen LogP contribution in [0.15, 0.2) is 72.5 Å². The van der Waals surface area contributed by atoms with Gasteiger partial charge in [0.25, 0.3) is 0 Å². The molecule has 0 aromatic heterocycles. The van der Waals surface area contributed by atoms with Crippen molar-refractivity contribution in [3.8, 4) is 0 Å². The van der Waals surface area contributed by atoms with Gasteiger partial charge in [0.1, 0.15) is 6.61 Å². The number of methoxy groups -OCH3 is 1. The van der Waals surface area contributed by atoms with Crippen LogP contribution in [0, 0.1) is 0 Å². The van der Waals surface area contributed by atoms with Gasteiger partial charge in [-0.1, -0.05) is 36.4 Å². The summed E-state index contributed by atoms with van der Waals surface area (Å²) in [6, 6.07) is 16.8. The van der Waals surface area contributed by atoms with E-state index in [-0.39, 0.29) is 12.4 Å². The molecule has 0 amide bonds. The van der Waals surface area contributed by atoms with E-state index >= 15 is 0 Å². The fourth-order valence-corrected chi connectivity index (χ4v) is 2.56. The van der Waals surface area contributed by atoms with E-state index in [0.717, 1.165) is 0 Å². The zero-order valence-electron chi connectivity index (χ0n) is 15.1. The molecule has 0 N–H and O–H groups in total. The fraction of sp³-hybridized carbons (Fsp3) is 0.190. The van der Waals surface area contributed by atoms with E-state index in [2.05, 4.69) is 4.74 Å². The number of hydrogen-bond acceptors (Lipinski definition) is 7. The average molecular weight is 382 g/mol. The number of carbonyl (C=O) groups is 3. The van der Waals surface area contributed by atoms with Crippen molar-refractivity contribution < 1.29 is 33.3 Å². The summed E-state index contributed by atoms with van der Waals surface area (Å²) in [6.07, 6.45) is -0.437. The normalized spacial score (nSPS) is 17.8. The topological polar surface area (TPSA) is 88.1 Å². The number of carbonyl (C=O) groups excluding carboxylic acids is 3. The Balaban J connectivity index is 1.68. The molecule has 0 radical (unpaired) electrons. The van der Waals surface area contributed by atoms with Crippen molar-refractivity contribution >= 4 is 17.9 Å². The zero-order valence-corrected chi connectivity index (χ0v) is 15.1. The maximum absolute atomic E-state index is 12.3. The molecule has 1 aliphatic heterocycles. The van der Waals surface area contributed by atoms with Crippen molar-refractivity contribution in [1.29, 1.82) is 0 Å². The number of benzene rings is 2. The molecule has 144 valence electrons. The molecule has 0 spiro atoms. The molecule has 2 aromatic carbocycles. The second kappa shape index (κ2) is 8.85. The number of hydrogen-bond donors (Lipinski definition) is 0. The Morgan fingerprint density at radius 1 is 0.857 bits per heavy atom. The first-order chi connectivity index (χ1) is 13.6. The third kappa shape index (κ3) is 4.56. The smallest absolute Gasteiger partial charge is 0.373 e. The molecular formula is C21H18O7. The van der Waals surface area contributed by atoms with Gasteiger partial charge in [0, 0.05) is 6.08 Å². The van der Waals surface area contributed by atoms with Gasteiger partial charge in [-0.3, -0.25) is 0 Å². The van der Waals surface area contributed by atoms with Gasteiger partial charge in [-0.15, -0.1) is 0 Å². The van der Waals surface area contributed by atoms with Crippen molar-refractivity contribution in [1.82, 2.24) is 0 Å². The lowest BCUT2D eigenvalue weighted by Gasteiger charge is -2.19. The molecule has 0 saturated carbocycles. The van der Waals surface area contributed by atoms with E-state index in [1.165, 1.54) is 13.2 Å². The minimum absolute atomic E-state index is 0.103. The summed E-state index contributed by atoms with van der Waals surface area (Å²) in [5.41, 5.74) is 0.724. The monoisotopic (exact) mass is 382 g/mol. The summed E-state index contributed by atoms with van der Waals surface area (Å²) in [6.45, 7) is -0.211. The van der Waals surface area contributed by atoms with Gasteiger partial charge in [0.2, 0.25) is 5.76 Å². The van der Waals surface area contributed by atoms with Gasteiger partial charge in [-0.05, 0) is 24.3 Å². The summed E-state index contributed by atoms with van der Waals surface area (Å²) < 4.78 is 20.8. The van der Waals surface area contributed by atoms with Crippen LogP contribution in [0.4, 0.5) is 0 Å². The lowest BCUT2D eigenvalue weighted by Crippen LogP contribution is -2.32. The highest BCUT2D eigenvalue weighted by molar-refractivity contribution is 5.90. The molecule has 0 saturated heterocycles. The number of esters is 3. The van der Waals surface area contributed by atoms with E-state index in [1.54, 1.807) is 60.7 Å². The van der Waals surface area contributed by atoms with Crippen LogP contribution in [-0.4, -0.2) is 43.8 Å². The van der Waals surface area contributed by atoms with E-state index < -0.39 is 30.1 Å². The molecule has 1 heterocycles. The molecular weight excluding hydrogens is 364 g/mol. The Morgan fingerprint density at radius 2 is 1.43 bits per heavy atom. The van der Waals surface area contributed by atoms with Crippen LogP contribution in [0.25, 0.3) is 0 Å². The first kappa shape index (κ1) is 19.2. The van der Waals surface area contributed by atoms with Crippen LogP contribution >= 0.6 is 0 Å². The first-order valence-electron chi connectivity index (χ1n) is 8.53. The quantitative estimate of drug-likeness (QED) is 0.560. The largest absolute Gasteiger partial charge is 0.475 e. The van der Waals surface area contributed by atoms with Gasteiger partial charge in [0.05, 0.1) is 18.2 Å². The molecule has 28 heavy (non-hydrogen) atoms. The van der Waals surface area contributed by atoms with Crippen LogP contribution in [0.5, 0.6) is 0 Å². The van der Waals surface area contributed by atoms with Gasteiger partial charge < -0.3 is 18.9 Å². The molecule has 0 aliphatic carbocycles. The van der Waals surface area contributed by atoms with Crippen molar-refractivity contribution in [2.45, 2.75) is 12.2 Å². The maximum atomic E-state index is 12.3. The second-order valence-corrected chi connectivity index (χ2v) is 5.88. The Bertz CT molecular complexity index is 874. The minimum atomic E-state index is -0.912. The van der Waals surface area contributed by atoms with Gasteiger partial charge in [-0.2, -0.15) is 0 Å². The lowest BCUT2D eigenvalue weighted by atomic mass is 10.2. The molecule has 1 aliphatic rings. The fourth-order valence-electron chi connectivity index (χ4n) is 2.56. The van der Waals surface area contributed by atoms with Crippen molar-refractivity contribution in [3.05, 3.63) is 83.6 Å². The van der Waals surface area contributed by atoms with Crippen LogP contribution < -0.4 is 0 Å². The van der Waals surface area contributed by atoms with Crippen LogP contribution in [0.1, 0.15) is 20.7 Å². The molecule has 7 heteroatoms. The lowest BCUT2D eigenvalue weighted by molar-refractivity contribution is -0.141. The van der Waals surface area contributed by atoms with Crippen molar-refractivity contribution in [2.75, 3.05) is 13.7 Å². The van der Waals surface area contributed by atoms with E-state index in [9.17, 15) is 14.4 Å². The van der Waals surface area contributed by atoms with Crippen LogP contribution in [0.3, 0.4) is 0 Å². The molecule has 2 atom stereocenters. The molecule has 7 nitrogen and oxygen atoms in total. The number of rotatable bonds is 6. The minimum Gasteiger partial charge on any atom is -0.475 e. The highest BCUT2D eigenvalue weighted by atomic mass is 16.6. The SMILES string of the molecule is COC(=O)C1=C[C@H](OC(=O)c2ccccc2)[C@@H](COC(=O)c2ccccc2)O1. The van der Waals surface area contributed by atoms with Gasteiger partial charge >= 0.3 is 17.9 Å². The molecule has 0 unspecified atom stereocenters. The predicted octanol–water partition coefficient (Wildman–Crippen LogP) is 2.52. The third-order valence-electron chi connectivity index (χ3n) is 3.99. The second-order valence-electron chi connectivity index (χ2n) is 5.88. The molecule has 0 fully saturated rings. The number of ether oxygens (including phenoxy) is 4. The van der Waals surface area contributed by atoms with E-state index in [0.29, 0.717) is 11.1 Å². The van der Waals surface area contributed by atoms with Crippen LogP contribution in [0.2, 0.25) is 0 Å². The van der Waals surface area contributed by atoms with Gasteiger partial charge in [0.15, 0.2) is 12.2 Å². The van der Waals surface area contributed by atoms with Crippen molar-refractivity contribution in [2.24, 2.45) is 0 Å². The standard InChI is InChI=1S/C21H18O7/c1-25-21(24)17-12-16(28-20(23)15-10-6-3-7-11-15)18(27-17)13-26-19(22)14-8-4-2-5-9-14/h2-12,16,18H,13H2,1H3/t16-,18+/m0/s1. The predicted molar refractivity (Wildman–Crippen MR) is 97.3 cm³/mol.